The van der Waals surface area contributed by atoms with Crippen LogP contribution in [0, 0.1) is 6.92 Å². The van der Waals surface area contributed by atoms with Crippen molar-refractivity contribution in [1.29, 1.82) is 0 Å². The van der Waals surface area contributed by atoms with Crippen LogP contribution in [0.3, 0.4) is 0 Å². The second-order valence-corrected chi connectivity index (χ2v) is 4.77. The standard InChI is InChI=1S/C9H13N5OS/c1-6-11-12-9-14(6)13-8(16-9)7-2-3-10-4-5-15-7/h7,10H,2-5H2,1H3. The minimum atomic E-state index is 0.0982. The molecular formula is C9H13N5OS. The van der Waals surface area contributed by atoms with Crippen molar-refractivity contribution in [3.63, 3.8) is 0 Å². The highest BCUT2D eigenvalue weighted by Crippen LogP contribution is 2.26. The molecule has 2 aromatic heterocycles. The van der Waals surface area contributed by atoms with Crippen LogP contribution in [0.25, 0.3) is 4.96 Å². The summed E-state index contributed by atoms with van der Waals surface area (Å²) < 4.78 is 7.53. The summed E-state index contributed by atoms with van der Waals surface area (Å²) in [4.78, 5) is 0.841. The van der Waals surface area contributed by atoms with E-state index in [1.807, 2.05) is 6.92 Å². The van der Waals surface area contributed by atoms with E-state index < -0.39 is 0 Å². The third-order valence-electron chi connectivity index (χ3n) is 2.62. The van der Waals surface area contributed by atoms with Crippen LogP contribution < -0.4 is 5.32 Å². The molecule has 0 aromatic carbocycles. The van der Waals surface area contributed by atoms with Crippen LogP contribution in [0.1, 0.15) is 23.4 Å². The summed E-state index contributed by atoms with van der Waals surface area (Å²) in [5.41, 5.74) is 0. The molecule has 1 unspecified atom stereocenters. The first-order valence-electron chi connectivity index (χ1n) is 5.35. The van der Waals surface area contributed by atoms with Crippen LogP contribution in [0.4, 0.5) is 0 Å². The van der Waals surface area contributed by atoms with Crippen molar-refractivity contribution in [2.24, 2.45) is 0 Å². The number of rotatable bonds is 1. The van der Waals surface area contributed by atoms with Gasteiger partial charge in [0.2, 0.25) is 4.96 Å². The van der Waals surface area contributed by atoms with Gasteiger partial charge in [-0.05, 0) is 19.9 Å². The molecule has 16 heavy (non-hydrogen) atoms. The summed E-state index contributed by atoms with van der Waals surface area (Å²) in [6, 6.07) is 0. The van der Waals surface area contributed by atoms with Gasteiger partial charge in [-0.25, -0.2) is 0 Å². The number of fused-ring (bicyclic) bond motifs is 1. The van der Waals surface area contributed by atoms with Gasteiger partial charge >= 0.3 is 0 Å². The first-order chi connectivity index (χ1) is 7.84. The van der Waals surface area contributed by atoms with E-state index in [0.717, 1.165) is 41.9 Å². The van der Waals surface area contributed by atoms with Crippen LogP contribution in [0.15, 0.2) is 0 Å². The molecule has 1 fully saturated rings. The van der Waals surface area contributed by atoms with E-state index in [4.69, 9.17) is 4.74 Å². The maximum atomic E-state index is 5.75. The first-order valence-corrected chi connectivity index (χ1v) is 6.17. The van der Waals surface area contributed by atoms with E-state index in [9.17, 15) is 0 Å². The molecule has 6 nitrogen and oxygen atoms in total. The zero-order valence-corrected chi connectivity index (χ0v) is 9.83. The van der Waals surface area contributed by atoms with Crippen LogP contribution in [0.2, 0.25) is 0 Å². The molecule has 3 rings (SSSR count). The quantitative estimate of drug-likeness (QED) is 0.787. The molecule has 1 atom stereocenters. The number of hydrogen-bond donors (Lipinski definition) is 1. The van der Waals surface area contributed by atoms with Gasteiger partial charge in [-0.1, -0.05) is 11.3 Å². The van der Waals surface area contributed by atoms with Crippen LogP contribution in [0.5, 0.6) is 0 Å². The Kier molecular flexibility index (Phi) is 2.58. The largest absolute Gasteiger partial charge is 0.370 e. The Morgan fingerprint density at radius 3 is 3.25 bits per heavy atom. The molecule has 0 saturated carbocycles. The third-order valence-corrected chi connectivity index (χ3v) is 3.61. The van der Waals surface area contributed by atoms with Gasteiger partial charge in [0.1, 0.15) is 11.1 Å². The predicted octanol–water partition coefficient (Wildman–Crippen LogP) is 0.545. The van der Waals surface area contributed by atoms with Crippen molar-refractivity contribution >= 4 is 16.3 Å². The Morgan fingerprint density at radius 2 is 2.38 bits per heavy atom. The van der Waals surface area contributed by atoms with E-state index in [2.05, 4.69) is 20.6 Å². The number of aryl methyl sites for hydroxylation is 1. The Morgan fingerprint density at radius 1 is 1.44 bits per heavy atom. The van der Waals surface area contributed by atoms with Crippen molar-refractivity contribution in [3.8, 4) is 0 Å². The average Bonchev–Trinajstić information content (AvgIpc) is 2.72. The molecule has 0 radical (unpaired) electrons. The van der Waals surface area contributed by atoms with E-state index in [0.29, 0.717) is 0 Å². The maximum Gasteiger partial charge on any atom is 0.234 e. The van der Waals surface area contributed by atoms with Gasteiger partial charge in [0, 0.05) is 6.54 Å². The minimum Gasteiger partial charge on any atom is -0.370 e. The third kappa shape index (κ3) is 1.70. The fraction of sp³-hybridized carbons (Fsp3) is 0.667. The van der Waals surface area contributed by atoms with E-state index in [-0.39, 0.29) is 6.10 Å². The van der Waals surface area contributed by atoms with Crippen LogP contribution in [-0.4, -0.2) is 39.5 Å². The zero-order chi connectivity index (χ0) is 11.0. The lowest BCUT2D eigenvalue weighted by molar-refractivity contribution is 0.0636. The molecule has 1 aliphatic rings. The summed E-state index contributed by atoms with van der Waals surface area (Å²) in [5.74, 6) is 0.823. The predicted molar refractivity (Wildman–Crippen MR) is 59.6 cm³/mol. The van der Waals surface area contributed by atoms with Crippen molar-refractivity contribution < 1.29 is 4.74 Å². The van der Waals surface area contributed by atoms with Gasteiger partial charge in [-0.2, -0.15) is 9.61 Å². The van der Waals surface area contributed by atoms with Crippen molar-refractivity contribution in [2.75, 3.05) is 19.7 Å². The maximum absolute atomic E-state index is 5.75. The average molecular weight is 239 g/mol. The SMILES string of the molecule is Cc1nnc2sc(C3CCNCCO3)nn12. The highest BCUT2D eigenvalue weighted by atomic mass is 32.1. The van der Waals surface area contributed by atoms with Crippen LogP contribution in [-0.2, 0) is 4.74 Å². The summed E-state index contributed by atoms with van der Waals surface area (Å²) in [7, 11) is 0. The molecule has 0 aliphatic carbocycles. The highest BCUT2D eigenvalue weighted by Gasteiger charge is 2.20. The molecule has 0 bridgehead atoms. The Bertz CT molecular complexity index is 485. The molecule has 1 N–H and O–H groups in total. The molecule has 86 valence electrons. The number of ether oxygens (including phenoxy) is 1. The Hall–Kier alpha value is -1.05. The van der Waals surface area contributed by atoms with E-state index in [1.54, 1.807) is 15.9 Å². The van der Waals surface area contributed by atoms with Gasteiger partial charge < -0.3 is 10.1 Å². The van der Waals surface area contributed by atoms with Crippen molar-refractivity contribution in [2.45, 2.75) is 19.4 Å². The smallest absolute Gasteiger partial charge is 0.234 e. The first kappa shape index (κ1) is 10.1. The van der Waals surface area contributed by atoms with Gasteiger partial charge in [0.05, 0.1) is 6.61 Å². The molecule has 1 saturated heterocycles. The second kappa shape index (κ2) is 4.08. The second-order valence-electron chi connectivity index (χ2n) is 3.78. The molecule has 0 spiro atoms. The fourth-order valence-corrected chi connectivity index (χ4v) is 2.74. The Labute approximate surface area is 96.6 Å². The molecule has 0 amide bonds. The van der Waals surface area contributed by atoms with Crippen molar-refractivity contribution in [1.82, 2.24) is 25.1 Å². The summed E-state index contributed by atoms with van der Waals surface area (Å²) in [6.07, 6.45) is 1.06. The molecular weight excluding hydrogens is 226 g/mol. The molecule has 7 heteroatoms. The lowest BCUT2D eigenvalue weighted by Crippen LogP contribution is -2.16. The molecule has 2 aromatic rings. The normalized spacial score (nSPS) is 22.4. The summed E-state index contributed by atoms with van der Waals surface area (Å²) >= 11 is 1.56. The number of nitrogens with zero attached hydrogens (tertiary/aromatic N) is 4. The van der Waals surface area contributed by atoms with Crippen molar-refractivity contribution in [3.05, 3.63) is 10.8 Å². The van der Waals surface area contributed by atoms with Gasteiger partial charge in [0.25, 0.3) is 0 Å². The summed E-state index contributed by atoms with van der Waals surface area (Å²) in [6.45, 7) is 4.53. The van der Waals surface area contributed by atoms with Crippen LogP contribution >= 0.6 is 11.3 Å². The molecule has 1 aliphatic heterocycles. The van der Waals surface area contributed by atoms with Gasteiger partial charge in [-0.15, -0.1) is 10.2 Å². The monoisotopic (exact) mass is 239 g/mol. The number of hydrogen-bond acceptors (Lipinski definition) is 6. The van der Waals surface area contributed by atoms with Gasteiger partial charge in [0.15, 0.2) is 5.82 Å². The molecule has 3 heterocycles. The lowest BCUT2D eigenvalue weighted by Gasteiger charge is -2.09. The van der Waals surface area contributed by atoms with Gasteiger partial charge in [-0.3, -0.25) is 0 Å². The number of nitrogens with one attached hydrogen (secondary N) is 1. The number of aromatic nitrogens is 4. The summed E-state index contributed by atoms with van der Waals surface area (Å²) in [5, 5.41) is 16.8. The Balaban J connectivity index is 1.92. The highest BCUT2D eigenvalue weighted by molar-refractivity contribution is 7.16. The topological polar surface area (TPSA) is 64.3 Å². The zero-order valence-electron chi connectivity index (χ0n) is 9.01. The lowest BCUT2D eigenvalue weighted by atomic mass is 10.3. The van der Waals surface area contributed by atoms with E-state index in [1.165, 1.54) is 0 Å². The van der Waals surface area contributed by atoms with E-state index >= 15 is 0 Å². The fourth-order valence-electron chi connectivity index (χ4n) is 1.77. The minimum absolute atomic E-state index is 0.0982.